The number of aromatic nitrogens is 1. The van der Waals surface area contributed by atoms with Crippen molar-refractivity contribution in [3.8, 4) is 11.8 Å². The maximum atomic E-state index is 10.4. The molecule has 0 aliphatic carbocycles. The topological polar surface area (TPSA) is 87.5 Å². The Morgan fingerprint density at radius 2 is 2.21 bits per heavy atom. The van der Waals surface area contributed by atoms with Crippen LogP contribution in [0.1, 0.15) is 21.1 Å². The van der Waals surface area contributed by atoms with Crippen LogP contribution in [0.5, 0.6) is 0 Å². The lowest BCUT2D eigenvalue weighted by Gasteiger charge is -1.79. The third-order valence-electron chi connectivity index (χ3n) is 1.15. The van der Waals surface area contributed by atoms with Gasteiger partial charge in [-0.05, 0) is 5.92 Å². The van der Waals surface area contributed by atoms with Crippen LogP contribution in [-0.2, 0) is 4.79 Å². The van der Waals surface area contributed by atoms with Crippen molar-refractivity contribution in [3.05, 3.63) is 16.1 Å². The number of aliphatic carboxylic acids is 1. The highest BCUT2D eigenvalue weighted by Gasteiger charge is 2.06. The molecule has 0 aromatic carbocycles. The molecule has 14 heavy (non-hydrogen) atoms. The lowest BCUT2D eigenvalue weighted by atomic mass is 10.4. The standard InChI is InChI=1S/C8H5NO4S/c10-7(11)3-1-2-6-9-4-5(14-6)8(12)13/h4H,3H2,(H,10,11)(H,12,13). The summed E-state index contributed by atoms with van der Waals surface area (Å²) >= 11 is 0.915. The molecule has 0 aliphatic rings. The average Bonchev–Trinajstić information content (AvgIpc) is 2.52. The van der Waals surface area contributed by atoms with Crippen LogP contribution in [0.2, 0.25) is 0 Å². The first-order valence-corrected chi connectivity index (χ1v) is 4.31. The van der Waals surface area contributed by atoms with Crippen LogP contribution in [0.25, 0.3) is 0 Å². The minimum Gasteiger partial charge on any atom is -0.481 e. The Kier molecular flexibility index (Phi) is 3.20. The molecule has 0 aliphatic heterocycles. The van der Waals surface area contributed by atoms with Crippen molar-refractivity contribution in [1.29, 1.82) is 0 Å². The lowest BCUT2D eigenvalue weighted by molar-refractivity contribution is -0.135. The number of nitrogens with zero attached hydrogens (tertiary/aromatic N) is 1. The highest BCUT2D eigenvalue weighted by atomic mass is 32.1. The zero-order valence-electron chi connectivity index (χ0n) is 6.85. The molecule has 6 heteroatoms. The summed E-state index contributed by atoms with van der Waals surface area (Å²) in [6.07, 6.45) is 0.916. The van der Waals surface area contributed by atoms with E-state index in [-0.39, 0.29) is 11.3 Å². The number of rotatable bonds is 2. The first kappa shape index (κ1) is 10.2. The lowest BCUT2D eigenvalue weighted by Crippen LogP contribution is -1.90. The smallest absolute Gasteiger partial charge is 0.347 e. The molecule has 0 bridgehead atoms. The molecular weight excluding hydrogens is 206 g/mol. The van der Waals surface area contributed by atoms with Gasteiger partial charge >= 0.3 is 11.9 Å². The zero-order chi connectivity index (χ0) is 10.6. The van der Waals surface area contributed by atoms with Crippen LogP contribution in [0.3, 0.4) is 0 Å². The second-order valence-corrected chi connectivity index (χ2v) is 3.24. The van der Waals surface area contributed by atoms with Gasteiger partial charge in [-0.15, -0.1) is 0 Å². The van der Waals surface area contributed by atoms with Crippen molar-refractivity contribution in [1.82, 2.24) is 4.98 Å². The van der Waals surface area contributed by atoms with Crippen LogP contribution in [0.4, 0.5) is 0 Å². The highest BCUT2D eigenvalue weighted by Crippen LogP contribution is 2.11. The molecule has 1 heterocycles. The van der Waals surface area contributed by atoms with Crippen LogP contribution >= 0.6 is 11.3 Å². The summed E-state index contributed by atoms with van der Waals surface area (Å²) in [7, 11) is 0. The summed E-state index contributed by atoms with van der Waals surface area (Å²) in [6.45, 7) is 0. The molecule has 0 fully saturated rings. The SMILES string of the molecule is O=C(O)CC#Cc1ncc(C(=O)O)s1. The molecule has 0 spiro atoms. The molecule has 0 unspecified atom stereocenters. The highest BCUT2D eigenvalue weighted by molar-refractivity contribution is 7.14. The molecule has 5 nitrogen and oxygen atoms in total. The van der Waals surface area contributed by atoms with Gasteiger partial charge in [-0.25, -0.2) is 9.78 Å². The third kappa shape index (κ3) is 2.88. The van der Waals surface area contributed by atoms with Gasteiger partial charge in [0.05, 0.1) is 6.20 Å². The Hall–Kier alpha value is -1.87. The van der Waals surface area contributed by atoms with Crippen molar-refractivity contribution >= 4 is 23.3 Å². The molecule has 1 rings (SSSR count). The summed E-state index contributed by atoms with van der Waals surface area (Å²) in [5.74, 6) is 2.74. The second kappa shape index (κ2) is 4.39. The Labute approximate surface area is 83.0 Å². The number of aromatic carboxylic acids is 1. The quantitative estimate of drug-likeness (QED) is 0.702. The van der Waals surface area contributed by atoms with Gasteiger partial charge in [-0.1, -0.05) is 17.3 Å². The van der Waals surface area contributed by atoms with Gasteiger partial charge in [0.1, 0.15) is 11.3 Å². The fraction of sp³-hybridized carbons (Fsp3) is 0.125. The summed E-state index contributed by atoms with van der Waals surface area (Å²) in [4.78, 5) is 24.3. The molecule has 0 radical (unpaired) electrons. The van der Waals surface area contributed by atoms with E-state index in [1.165, 1.54) is 6.20 Å². The Morgan fingerprint density at radius 3 is 2.71 bits per heavy atom. The van der Waals surface area contributed by atoms with E-state index >= 15 is 0 Å². The summed E-state index contributed by atoms with van der Waals surface area (Å²) in [6, 6.07) is 0. The third-order valence-corrected chi connectivity index (χ3v) is 2.05. The van der Waals surface area contributed by atoms with Crippen molar-refractivity contribution in [2.24, 2.45) is 0 Å². The van der Waals surface area contributed by atoms with E-state index < -0.39 is 11.9 Å². The molecular formula is C8H5NO4S. The fourth-order valence-corrected chi connectivity index (χ4v) is 1.26. The number of carboxylic acid groups (broad SMARTS) is 2. The molecule has 0 saturated heterocycles. The molecule has 2 N–H and O–H groups in total. The van der Waals surface area contributed by atoms with Gasteiger partial charge in [0.25, 0.3) is 0 Å². The van der Waals surface area contributed by atoms with E-state index in [0.29, 0.717) is 5.01 Å². The predicted molar refractivity (Wildman–Crippen MR) is 48.2 cm³/mol. The number of hydrogen-bond acceptors (Lipinski definition) is 4. The molecule has 0 atom stereocenters. The molecule has 1 aromatic rings. The van der Waals surface area contributed by atoms with Crippen LogP contribution in [0, 0.1) is 11.8 Å². The van der Waals surface area contributed by atoms with Crippen LogP contribution in [0.15, 0.2) is 6.20 Å². The summed E-state index contributed by atoms with van der Waals surface area (Å²) in [5.41, 5.74) is 0. The molecule has 0 saturated carbocycles. The fourth-order valence-electron chi connectivity index (χ4n) is 0.626. The van der Waals surface area contributed by atoms with E-state index in [1.54, 1.807) is 0 Å². The second-order valence-electron chi connectivity index (χ2n) is 2.21. The molecule has 72 valence electrons. The largest absolute Gasteiger partial charge is 0.481 e. The molecule has 1 aromatic heterocycles. The van der Waals surface area contributed by atoms with Gasteiger partial charge in [0.15, 0.2) is 5.01 Å². The van der Waals surface area contributed by atoms with E-state index in [4.69, 9.17) is 10.2 Å². The predicted octanol–water partition coefficient (Wildman–Crippen LogP) is 0.668. The Balaban J connectivity index is 2.71. The van der Waals surface area contributed by atoms with E-state index in [1.807, 2.05) is 0 Å². The number of carbonyl (C=O) groups is 2. The first-order valence-electron chi connectivity index (χ1n) is 3.49. The monoisotopic (exact) mass is 211 g/mol. The van der Waals surface area contributed by atoms with Crippen LogP contribution < -0.4 is 0 Å². The summed E-state index contributed by atoms with van der Waals surface area (Å²) in [5, 5.41) is 17.1. The van der Waals surface area contributed by atoms with Gasteiger partial charge in [-0.2, -0.15) is 0 Å². The van der Waals surface area contributed by atoms with E-state index in [2.05, 4.69) is 16.8 Å². The Bertz CT molecular complexity index is 426. The number of thiazole rings is 1. The van der Waals surface area contributed by atoms with Gasteiger partial charge in [0.2, 0.25) is 0 Å². The van der Waals surface area contributed by atoms with E-state index in [9.17, 15) is 9.59 Å². The van der Waals surface area contributed by atoms with Crippen molar-refractivity contribution in [2.75, 3.05) is 0 Å². The minimum atomic E-state index is -1.06. The first-order chi connectivity index (χ1) is 6.59. The maximum Gasteiger partial charge on any atom is 0.347 e. The average molecular weight is 211 g/mol. The van der Waals surface area contributed by atoms with E-state index in [0.717, 1.165) is 11.3 Å². The normalized spacial score (nSPS) is 8.86. The van der Waals surface area contributed by atoms with Gasteiger partial charge in [-0.3, -0.25) is 4.79 Å². The van der Waals surface area contributed by atoms with Gasteiger partial charge in [0, 0.05) is 0 Å². The van der Waals surface area contributed by atoms with Crippen molar-refractivity contribution in [3.63, 3.8) is 0 Å². The minimum absolute atomic E-state index is 0.0876. The van der Waals surface area contributed by atoms with Gasteiger partial charge < -0.3 is 10.2 Å². The number of hydrogen-bond donors (Lipinski definition) is 2. The zero-order valence-corrected chi connectivity index (χ0v) is 7.67. The molecule has 0 amide bonds. The van der Waals surface area contributed by atoms with Crippen LogP contribution in [-0.4, -0.2) is 27.1 Å². The van der Waals surface area contributed by atoms with Crippen molar-refractivity contribution < 1.29 is 19.8 Å². The van der Waals surface area contributed by atoms with Crippen molar-refractivity contribution in [2.45, 2.75) is 6.42 Å². The summed E-state index contributed by atoms with van der Waals surface area (Å²) < 4.78 is 0. The Morgan fingerprint density at radius 1 is 1.50 bits per heavy atom. The maximum absolute atomic E-state index is 10.4. The number of carboxylic acids is 2.